The predicted octanol–water partition coefficient (Wildman–Crippen LogP) is 4.14. The van der Waals surface area contributed by atoms with Gasteiger partial charge in [-0.2, -0.15) is 4.98 Å². The van der Waals surface area contributed by atoms with Gasteiger partial charge in [0.1, 0.15) is 29.9 Å². The summed E-state index contributed by atoms with van der Waals surface area (Å²) in [6, 6.07) is 1.37. The van der Waals surface area contributed by atoms with E-state index in [9.17, 15) is 4.79 Å². The number of halogens is 3. The van der Waals surface area contributed by atoms with E-state index in [4.69, 9.17) is 68.0 Å². The second-order valence-electron chi connectivity index (χ2n) is 8.47. The molecule has 6 atom stereocenters. The number of esters is 1. The highest BCUT2D eigenvalue weighted by molar-refractivity contribution is 6.42. The third-order valence-electron chi connectivity index (χ3n) is 6.05. The van der Waals surface area contributed by atoms with E-state index in [1.807, 2.05) is 27.7 Å². The Kier molecular flexibility index (Phi) is 7.08. The van der Waals surface area contributed by atoms with Gasteiger partial charge < -0.3 is 33.2 Å². The third-order valence-corrected chi connectivity index (χ3v) is 7.00. The number of hydrogen-bond acceptors (Lipinski definition) is 9. The monoisotopic (exact) mass is 525 g/mol. The van der Waals surface area contributed by atoms with Crippen molar-refractivity contribution in [3.8, 4) is 5.88 Å². The van der Waals surface area contributed by atoms with Gasteiger partial charge in [0.25, 0.3) is 0 Å². The lowest BCUT2D eigenvalue weighted by molar-refractivity contribution is -0.338. The zero-order valence-corrected chi connectivity index (χ0v) is 21.0. The second-order valence-corrected chi connectivity index (χ2v) is 9.65. The van der Waals surface area contributed by atoms with Gasteiger partial charge >= 0.3 is 5.97 Å². The normalized spacial score (nSPS) is 37.5. The lowest BCUT2D eigenvalue weighted by Crippen LogP contribution is -2.52. The fourth-order valence-corrected chi connectivity index (χ4v) is 4.49. The van der Waals surface area contributed by atoms with Crippen molar-refractivity contribution in [1.29, 1.82) is 0 Å². The molecule has 33 heavy (non-hydrogen) atoms. The first-order valence-electron chi connectivity index (χ1n) is 10.7. The van der Waals surface area contributed by atoms with Crippen LogP contribution in [0.2, 0.25) is 15.2 Å². The Morgan fingerprint density at radius 2 is 1.85 bits per heavy atom. The highest BCUT2D eigenvalue weighted by Gasteiger charge is 2.68. The molecule has 4 heterocycles. The van der Waals surface area contributed by atoms with Crippen molar-refractivity contribution < 1.29 is 38.0 Å². The largest absolute Gasteiger partial charge is 0.465 e. The molecule has 0 aromatic carbocycles. The summed E-state index contributed by atoms with van der Waals surface area (Å²) in [4.78, 5) is 16.3. The Hall–Kier alpha value is -0.910. The first-order chi connectivity index (χ1) is 15.5. The van der Waals surface area contributed by atoms with Crippen molar-refractivity contribution in [3.63, 3.8) is 0 Å². The van der Waals surface area contributed by atoms with E-state index in [0.29, 0.717) is 19.4 Å². The van der Waals surface area contributed by atoms with Gasteiger partial charge in [-0.05, 0) is 32.8 Å². The van der Waals surface area contributed by atoms with Crippen LogP contribution in [0, 0.1) is 0 Å². The van der Waals surface area contributed by atoms with Crippen molar-refractivity contribution in [2.75, 3.05) is 19.8 Å². The minimum Gasteiger partial charge on any atom is -0.465 e. The van der Waals surface area contributed by atoms with Gasteiger partial charge in [-0.3, -0.25) is 0 Å². The van der Waals surface area contributed by atoms with Crippen LogP contribution in [0.1, 0.15) is 40.5 Å². The Morgan fingerprint density at radius 1 is 1.12 bits per heavy atom. The second kappa shape index (κ2) is 9.28. The summed E-state index contributed by atoms with van der Waals surface area (Å²) >= 11 is 17.7. The summed E-state index contributed by atoms with van der Waals surface area (Å²) in [5, 5.41) is 0.288. The molecule has 0 aliphatic carbocycles. The highest BCUT2D eigenvalue weighted by Crippen LogP contribution is 2.50. The number of carbonyl (C=O) groups is 1. The smallest absolute Gasteiger partial charge is 0.344 e. The van der Waals surface area contributed by atoms with E-state index in [-0.39, 0.29) is 27.7 Å². The van der Waals surface area contributed by atoms with Crippen LogP contribution >= 0.6 is 34.8 Å². The van der Waals surface area contributed by atoms with Crippen molar-refractivity contribution in [2.24, 2.45) is 0 Å². The van der Waals surface area contributed by atoms with Gasteiger partial charge in [-0.15, -0.1) is 0 Å². The summed E-state index contributed by atoms with van der Waals surface area (Å²) < 4.78 is 41.5. The summed E-state index contributed by atoms with van der Waals surface area (Å²) in [6.45, 7) is 7.21. The van der Waals surface area contributed by atoms with Crippen molar-refractivity contribution in [1.82, 2.24) is 4.98 Å². The van der Waals surface area contributed by atoms with Crippen LogP contribution in [0.3, 0.4) is 0 Å². The van der Waals surface area contributed by atoms with Crippen LogP contribution in [0.5, 0.6) is 5.88 Å². The van der Waals surface area contributed by atoms with E-state index >= 15 is 0 Å². The quantitative estimate of drug-likeness (QED) is 0.384. The lowest BCUT2D eigenvalue weighted by Gasteiger charge is -2.40. The molecule has 4 rings (SSSR count). The van der Waals surface area contributed by atoms with Crippen LogP contribution in [-0.4, -0.2) is 66.4 Å². The molecule has 3 aliphatic heterocycles. The van der Waals surface area contributed by atoms with Crippen LogP contribution in [0.25, 0.3) is 0 Å². The molecule has 184 valence electrons. The standard InChI is InChI=1S/C21H26Cl3NO8/c1-5-19(3)29-8-13-15(31-19)16-21(30-13,33-20(4,6-2)32-16)10-28-14(26)9-27-18-12(23)7-11(22)17(24)25-18/h7,13,15-16H,5-6,8-10H2,1-4H3/t13-,15+,16-,19?,20?,21-/m0/s1. The number of ether oxygens (including phenoxy) is 7. The third kappa shape index (κ3) is 4.92. The summed E-state index contributed by atoms with van der Waals surface area (Å²) in [7, 11) is 0. The number of pyridine rings is 1. The molecule has 3 saturated heterocycles. The van der Waals surface area contributed by atoms with Gasteiger partial charge in [-0.1, -0.05) is 48.7 Å². The molecule has 3 fully saturated rings. The molecule has 12 heteroatoms. The van der Waals surface area contributed by atoms with Gasteiger partial charge in [-0.25, -0.2) is 4.79 Å². The first-order valence-corrected chi connectivity index (χ1v) is 11.8. The number of hydrogen-bond donors (Lipinski definition) is 0. The van der Waals surface area contributed by atoms with Crippen molar-refractivity contribution in [3.05, 3.63) is 21.3 Å². The average Bonchev–Trinajstić information content (AvgIpc) is 3.23. The molecule has 2 unspecified atom stereocenters. The maximum atomic E-state index is 12.4. The van der Waals surface area contributed by atoms with Gasteiger partial charge in [0.05, 0.1) is 11.6 Å². The molecule has 0 amide bonds. The van der Waals surface area contributed by atoms with Gasteiger partial charge in [0.15, 0.2) is 23.3 Å². The van der Waals surface area contributed by atoms with Crippen molar-refractivity contribution >= 4 is 40.8 Å². The molecule has 0 N–H and O–H groups in total. The minimum atomic E-state index is -1.34. The SMILES string of the molecule is CCC1(C)OC[C@@H]2O[C@@]3(COC(=O)COc4nc(Cl)c(Cl)cc4Cl)OC(C)(CC)O[C@H]3[C@@H]2O1. The maximum Gasteiger partial charge on any atom is 0.344 e. The fraction of sp³-hybridized carbons (Fsp3) is 0.714. The highest BCUT2D eigenvalue weighted by atomic mass is 35.5. The number of carbonyl (C=O) groups excluding carboxylic acids is 1. The van der Waals surface area contributed by atoms with Crippen molar-refractivity contribution in [2.45, 2.75) is 76.2 Å². The zero-order chi connectivity index (χ0) is 24.0. The Bertz CT molecular complexity index is 922. The summed E-state index contributed by atoms with van der Waals surface area (Å²) in [5.41, 5.74) is 0. The number of rotatable bonds is 7. The maximum absolute atomic E-state index is 12.4. The molecule has 0 radical (unpaired) electrons. The Labute approximate surface area is 206 Å². The number of fused-ring (bicyclic) bond motifs is 3. The van der Waals surface area contributed by atoms with E-state index in [1.165, 1.54) is 6.07 Å². The Balaban J connectivity index is 1.43. The topological polar surface area (TPSA) is 94.6 Å². The molecule has 3 aliphatic rings. The zero-order valence-electron chi connectivity index (χ0n) is 18.7. The lowest BCUT2D eigenvalue weighted by atomic mass is 10.0. The molecular formula is C21H26Cl3NO8. The molecule has 0 spiro atoms. The van der Waals surface area contributed by atoms with Gasteiger partial charge in [0, 0.05) is 0 Å². The number of aromatic nitrogens is 1. The number of nitrogens with zero attached hydrogens (tertiary/aromatic N) is 1. The average molecular weight is 527 g/mol. The van der Waals surface area contributed by atoms with Crippen LogP contribution in [-0.2, 0) is 33.2 Å². The van der Waals surface area contributed by atoms with Gasteiger partial charge in [0.2, 0.25) is 11.7 Å². The molecule has 9 nitrogen and oxygen atoms in total. The molecular weight excluding hydrogens is 501 g/mol. The summed E-state index contributed by atoms with van der Waals surface area (Å²) in [5.74, 6) is -3.73. The predicted molar refractivity (Wildman–Crippen MR) is 118 cm³/mol. The van der Waals surface area contributed by atoms with E-state index in [1.54, 1.807) is 0 Å². The molecule has 0 saturated carbocycles. The molecule has 1 aromatic heterocycles. The van der Waals surface area contributed by atoms with E-state index < -0.39 is 48.2 Å². The fourth-order valence-electron chi connectivity index (χ4n) is 3.95. The summed E-state index contributed by atoms with van der Waals surface area (Å²) in [6.07, 6.45) is -0.260. The first kappa shape index (κ1) is 25.2. The van der Waals surface area contributed by atoms with E-state index in [2.05, 4.69) is 4.98 Å². The van der Waals surface area contributed by atoms with E-state index in [0.717, 1.165) is 0 Å². The van der Waals surface area contributed by atoms with Crippen LogP contribution in [0.4, 0.5) is 0 Å². The minimum absolute atomic E-state index is 0.00443. The molecule has 0 bridgehead atoms. The Morgan fingerprint density at radius 3 is 2.55 bits per heavy atom. The van der Waals surface area contributed by atoms with Crippen LogP contribution < -0.4 is 4.74 Å². The molecule has 1 aromatic rings. The van der Waals surface area contributed by atoms with Crippen LogP contribution in [0.15, 0.2) is 6.07 Å².